The molecule has 0 saturated carbocycles. The number of nitrogens with one attached hydrogen (secondary N) is 2. The highest BCUT2D eigenvalue weighted by molar-refractivity contribution is 4.90. The molecule has 0 aliphatic carbocycles. The maximum atomic E-state index is 5.45. The lowest BCUT2D eigenvalue weighted by Crippen LogP contribution is -2.42. The predicted molar refractivity (Wildman–Crippen MR) is 66.6 cm³/mol. The van der Waals surface area contributed by atoms with Crippen molar-refractivity contribution in [1.82, 2.24) is 10.6 Å². The van der Waals surface area contributed by atoms with Gasteiger partial charge in [-0.1, -0.05) is 6.92 Å². The van der Waals surface area contributed by atoms with E-state index in [0.717, 1.165) is 25.7 Å². The minimum Gasteiger partial charge on any atom is -0.381 e. The molecule has 2 heterocycles. The van der Waals surface area contributed by atoms with Crippen LogP contribution in [0.15, 0.2) is 0 Å². The van der Waals surface area contributed by atoms with E-state index in [9.17, 15) is 0 Å². The Balaban J connectivity index is 1.76. The van der Waals surface area contributed by atoms with Crippen LogP contribution in [0.5, 0.6) is 0 Å². The second-order valence-electron chi connectivity index (χ2n) is 5.57. The van der Waals surface area contributed by atoms with Crippen LogP contribution < -0.4 is 10.6 Å². The largest absolute Gasteiger partial charge is 0.381 e. The molecule has 2 N–H and O–H groups in total. The molecule has 2 saturated heterocycles. The van der Waals surface area contributed by atoms with E-state index in [1.807, 2.05) is 0 Å². The van der Waals surface area contributed by atoms with Crippen LogP contribution in [0.4, 0.5) is 0 Å². The quantitative estimate of drug-likeness (QED) is 0.743. The highest BCUT2D eigenvalue weighted by Crippen LogP contribution is 2.29. The highest BCUT2D eigenvalue weighted by atomic mass is 16.5. The zero-order valence-electron chi connectivity index (χ0n) is 10.7. The Morgan fingerprint density at radius 2 is 2.44 bits per heavy atom. The lowest BCUT2D eigenvalue weighted by Gasteiger charge is -2.30. The fraction of sp³-hybridized carbons (Fsp3) is 1.00. The van der Waals surface area contributed by atoms with Crippen molar-refractivity contribution in [3.05, 3.63) is 0 Å². The minimum atomic E-state index is 0.508. The summed E-state index contributed by atoms with van der Waals surface area (Å²) in [7, 11) is 0. The maximum absolute atomic E-state index is 5.45. The number of ether oxygens (including phenoxy) is 1. The van der Waals surface area contributed by atoms with Crippen LogP contribution in [-0.4, -0.2) is 38.9 Å². The van der Waals surface area contributed by atoms with Gasteiger partial charge >= 0.3 is 0 Å². The van der Waals surface area contributed by atoms with E-state index in [2.05, 4.69) is 24.5 Å². The molecule has 3 unspecified atom stereocenters. The van der Waals surface area contributed by atoms with Gasteiger partial charge in [0.05, 0.1) is 6.61 Å². The third-order valence-electron chi connectivity index (χ3n) is 4.55. The lowest BCUT2D eigenvalue weighted by atomic mass is 9.83. The van der Waals surface area contributed by atoms with Gasteiger partial charge < -0.3 is 15.4 Å². The third kappa shape index (κ3) is 2.76. The van der Waals surface area contributed by atoms with Crippen molar-refractivity contribution < 1.29 is 4.74 Å². The Hall–Kier alpha value is -0.120. The molecule has 0 bridgehead atoms. The maximum Gasteiger partial charge on any atom is 0.0509 e. The summed E-state index contributed by atoms with van der Waals surface area (Å²) in [5.74, 6) is 0.725. The molecule has 0 aromatic rings. The Bertz CT molecular complexity index is 208. The van der Waals surface area contributed by atoms with Gasteiger partial charge in [0.15, 0.2) is 0 Å². The van der Waals surface area contributed by atoms with E-state index in [-0.39, 0.29) is 0 Å². The molecule has 2 aliphatic heterocycles. The lowest BCUT2D eigenvalue weighted by molar-refractivity contribution is 0.174. The van der Waals surface area contributed by atoms with Crippen LogP contribution in [0.25, 0.3) is 0 Å². The fourth-order valence-corrected chi connectivity index (χ4v) is 2.86. The van der Waals surface area contributed by atoms with Gasteiger partial charge in [0.1, 0.15) is 0 Å². The zero-order valence-corrected chi connectivity index (χ0v) is 10.7. The molecule has 0 amide bonds. The van der Waals surface area contributed by atoms with E-state index >= 15 is 0 Å². The SMILES string of the molecule is CCC1(CNC(C)C2CCOC2)CCNC1. The van der Waals surface area contributed by atoms with Gasteiger partial charge in [0.25, 0.3) is 0 Å². The van der Waals surface area contributed by atoms with Crippen LogP contribution in [0.1, 0.15) is 33.1 Å². The first kappa shape index (κ1) is 12.3. The van der Waals surface area contributed by atoms with Crippen LogP contribution >= 0.6 is 0 Å². The summed E-state index contributed by atoms with van der Waals surface area (Å²) in [6.07, 6.45) is 3.83. The van der Waals surface area contributed by atoms with E-state index < -0.39 is 0 Å². The zero-order chi connectivity index (χ0) is 11.4. The summed E-state index contributed by atoms with van der Waals surface area (Å²) in [5, 5.41) is 7.23. The molecule has 2 fully saturated rings. The standard InChI is InChI=1S/C13H26N2O/c1-3-13(5-6-14-9-13)10-15-11(2)12-4-7-16-8-12/h11-12,14-15H,3-10H2,1-2H3. The van der Waals surface area contributed by atoms with E-state index in [4.69, 9.17) is 4.74 Å². The summed E-state index contributed by atoms with van der Waals surface area (Å²) >= 11 is 0. The second kappa shape index (κ2) is 5.48. The first-order valence-electron chi connectivity index (χ1n) is 6.78. The van der Waals surface area contributed by atoms with Gasteiger partial charge in [0, 0.05) is 25.7 Å². The summed E-state index contributed by atoms with van der Waals surface area (Å²) in [4.78, 5) is 0. The molecule has 2 rings (SSSR count). The first-order valence-corrected chi connectivity index (χ1v) is 6.78. The molecule has 94 valence electrons. The average Bonchev–Trinajstić information content (AvgIpc) is 2.98. The summed E-state index contributed by atoms with van der Waals surface area (Å²) < 4.78 is 5.45. The molecule has 3 nitrogen and oxygen atoms in total. The van der Waals surface area contributed by atoms with Crippen molar-refractivity contribution >= 4 is 0 Å². The van der Waals surface area contributed by atoms with Gasteiger partial charge in [-0.05, 0) is 44.1 Å². The molecule has 3 atom stereocenters. The third-order valence-corrected chi connectivity index (χ3v) is 4.55. The summed E-state index contributed by atoms with van der Waals surface area (Å²) in [6.45, 7) is 10.1. The molecule has 0 aromatic carbocycles. The van der Waals surface area contributed by atoms with Gasteiger partial charge in [-0.25, -0.2) is 0 Å². The van der Waals surface area contributed by atoms with Crippen LogP contribution in [0, 0.1) is 11.3 Å². The molecule has 0 radical (unpaired) electrons. The van der Waals surface area contributed by atoms with Crippen molar-refractivity contribution in [2.75, 3.05) is 32.8 Å². The average molecular weight is 226 g/mol. The van der Waals surface area contributed by atoms with Crippen LogP contribution in [-0.2, 0) is 4.74 Å². The number of hydrogen-bond donors (Lipinski definition) is 2. The summed E-state index contributed by atoms with van der Waals surface area (Å²) in [6, 6.07) is 0.603. The molecular weight excluding hydrogens is 200 g/mol. The van der Waals surface area contributed by atoms with Crippen molar-refractivity contribution in [2.24, 2.45) is 11.3 Å². The van der Waals surface area contributed by atoms with Gasteiger partial charge in [-0.2, -0.15) is 0 Å². The van der Waals surface area contributed by atoms with E-state index in [0.29, 0.717) is 11.5 Å². The van der Waals surface area contributed by atoms with Crippen molar-refractivity contribution in [3.63, 3.8) is 0 Å². The topological polar surface area (TPSA) is 33.3 Å². The number of rotatable bonds is 5. The summed E-state index contributed by atoms with van der Waals surface area (Å²) in [5.41, 5.74) is 0.508. The van der Waals surface area contributed by atoms with Crippen molar-refractivity contribution in [1.29, 1.82) is 0 Å². The van der Waals surface area contributed by atoms with Gasteiger partial charge in [-0.15, -0.1) is 0 Å². The molecule has 3 heteroatoms. The molecule has 0 spiro atoms. The van der Waals surface area contributed by atoms with Crippen LogP contribution in [0.3, 0.4) is 0 Å². The molecular formula is C13H26N2O. The minimum absolute atomic E-state index is 0.508. The van der Waals surface area contributed by atoms with E-state index in [1.165, 1.54) is 32.4 Å². The fourth-order valence-electron chi connectivity index (χ4n) is 2.86. The second-order valence-corrected chi connectivity index (χ2v) is 5.57. The number of hydrogen-bond acceptors (Lipinski definition) is 3. The van der Waals surface area contributed by atoms with Crippen LogP contribution in [0.2, 0.25) is 0 Å². The monoisotopic (exact) mass is 226 g/mol. The Morgan fingerprint density at radius 3 is 3.00 bits per heavy atom. The predicted octanol–water partition coefficient (Wildman–Crippen LogP) is 1.39. The molecule has 2 aliphatic rings. The van der Waals surface area contributed by atoms with E-state index in [1.54, 1.807) is 0 Å². The Labute approximate surface area is 99.3 Å². The Kier molecular flexibility index (Phi) is 4.22. The normalized spacial score (nSPS) is 36.8. The van der Waals surface area contributed by atoms with Crippen molar-refractivity contribution in [3.8, 4) is 0 Å². The van der Waals surface area contributed by atoms with Crippen molar-refractivity contribution in [2.45, 2.75) is 39.2 Å². The molecule has 0 aromatic heterocycles. The van der Waals surface area contributed by atoms with Gasteiger partial charge in [-0.3, -0.25) is 0 Å². The van der Waals surface area contributed by atoms with Gasteiger partial charge in [0.2, 0.25) is 0 Å². The smallest absolute Gasteiger partial charge is 0.0509 e. The Morgan fingerprint density at radius 1 is 1.56 bits per heavy atom. The first-order chi connectivity index (χ1) is 7.76. The molecule has 16 heavy (non-hydrogen) atoms. The highest BCUT2D eigenvalue weighted by Gasteiger charge is 2.33.